The number of hydrogen-bond acceptors (Lipinski definition) is 2. The molecule has 0 aliphatic rings. The van der Waals surface area contributed by atoms with Gasteiger partial charge in [-0.1, -0.05) is 103 Å². The summed E-state index contributed by atoms with van der Waals surface area (Å²) in [6.45, 7) is 0. The van der Waals surface area contributed by atoms with Crippen LogP contribution in [0.4, 0.5) is 0 Å². The fourth-order valence-corrected chi connectivity index (χ4v) is 7.33. The largest absolute Gasteiger partial charge is 0.309 e. The zero-order chi connectivity index (χ0) is 32.2. The van der Waals surface area contributed by atoms with E-state index in [0.717, 1.165) is 66.5 Å². The summed E-state index contributed by atoms with van der Waals surface area (Å²) in [5.74, 6) is 0. The van der Waals surface area contributed by atoms with E-state index < -0.39 is 0 Å². The van der Waals surface area contributed by atoms with E-state index in [9.17, 15) is 10.5 Å². The van der Waals surface area contributed by atoms with Crippen molar-refractivity contribution in [3.8, 4) is 45.8 Å². The molecule has 48 heavy (non-hydrogen) atoms. The lowest BCUT2D eigenvalue weighted by Crippen LogP contribution is -2.04. The maximum absolute atomic E-state index is 10.9. The molecule has 0 atom stereocenters. The molecule has 9 aromatic rings. The first-order chi connectivity index (χ1) is 23.7. The van der Waals surface area contributed by atoms with Gasteiger partial charge in [0.15, 0.2) is 0 Å². The second-order valence-corrected chi connectivity index (χ2v) is 12.0. The Morgan fingerprint density at radius 3 is 1.62 bits per heavy atom. The Hall–Kier alpha value is -6.88. The predicted molar refractivity (Wildman–Crippen MR) is 195 cm³/mol. The summed E-state index contributed by atoms with van der Waals surface area (Å²) in [7, 11) is 0. The van der Waals surface area contributed by atoms with Crippen molar-refractivity contribution in [2.45, 2.75) is 0 Å². The van der Waals surface area contributed by atoms with Crippen LogP contribution in [-0.4, -0.2) is 9.13 Å². The van der Waals surface area contributed by atoms with Gasteiger partial charge in [-0.3, -0.25) is 0 Å². The van der Waals surface area contributed by atoms with E-state index in [2.05, 4.69) is 124 Å². The molecule has 2 heterocycles. The summed E-state index contributed by atoms with van der Waals surface area (Å²) >= 11 is 0. The number of para-hydroxylation sites is 4. The lowest BCUT2D eigenvalue weighted by Gasteiger charge is -2.21. The molecule has 222 valence electrons. The second kappa shape index (κ2) is 10.9. The van der Waals surface area contributed by atoms with Gasteiger partial charge in [0.05, 0.1) is 50.6 Å². The fourth-order valence-electron chi connectivity index (χ4n) is 7.33. The molecule has 0 saturated carbocycles. The highest BCUT2D eigenvalue weighted by atomic mass is 15.0. The average molecular weight is 611 g/mol. The van der Waals surface area contributed by atoms with E-state index in [1.54, 1.807) is 0 Å². The number of fused-ring (bicyclic) bond motifs is 6. The predicted octanol–water partition coefficient (Wildman–Crippen LogP) is 11.0. The van der Waals surface area contributed by atoms with Gasteiger partial charge in [0, 0.05) is 32.7 Å². The third kappa shape index (κ3) is 4.07. The number of hydrogen-bond donors (Lipinski definition) is 0. The average Bonchev–Trinajstić information content (AvgIpc) is 3.67. The fraction of sp³-hybridized carbons (Fsp3) is 0. The van der Waals surface area contributed by atoms with E-state index in [-0.39, 0.29) is 0 Å². The first-order valence-electron chi connectivity index (χ1n) is 15.9. The molecule has 0 amide bonds. The number of nitriles is 2. The minimum Gasteiger partial charge on any atom is -0.309 e. The first-order valence-corrected chi connectivity index (χ1v) is 15.9. The molecule has 0 fully saturated rings. The Morgan fingerprint density at radius 2 is 0.958 bits per heavy atom. The first kappa shape index (κ1) is 27.4. The van der Waals surface area contributed by atoms with Gasteiger partial charge in [-0.05, 0) is 65.7 Å². The van der Waals surface area contributed by atoms with Gasteiger partial charge >= 0.3 is 0 Å². The molecule has 0 bridgehead atoms. The van der Waals surface area contributed by atoms with Gasteiger partial charge in [0.25, 0.3) is 0 Å². The molecular formula is C44H26N4. The highest BCUT2D eigenvalue weighted by Crippen LogP contribution is 2.43. The Kier molecular flexibility index (Phi) is 6.22. The zero-order valence-corrected chi connectivity index (χ0v) is 25.8. The molecular weight excluding hydrogens is 585 g/mol. The second-order valence-electron chi connectivity index (χ2n) is 12.0. The van der Waals surface area contributed by atoms with E-state index in [1.807, 2.05) is 54.6 Å². The van der Waals surface area contributed by atoms with Crippen molar-refractivity contribution in [1.82, 2.24) is 9.13 Å². The standard InChI is InChI=1S/C44H26N4/c45-27-29-22-23-43-37(24-29)35-16-6-11-21-42(35)48(43)44-32(28-46)25-31(30-12-2-1-3-13-30)26-38(44)36-17-7-10-20-41(36)47-39-18-8-4-14-33(39)34-15-5-9-19-40(34)47/h1-26H. The number of aromatic nitrogens is 2. The topological polar surface area (TPSA) is 57.4 Å². The van der Waals surface area contributed by atoms with E-state index in [4.69, 9.17) is 0 Å². The van der Waals surface area contributed by atoms with Crippen LogP contribution in [0.15, 0.2) is 158 Å². The number of benzene rings is 7. The van der Waals surface area contributed by atoms with Crippen LogP contribution in [0.2, 0.25) is 0 Å². The third-order valence-corrected chi connectivity index (χ3v) is 9.38. The molecule has 0 radical (unpaired) electrons. The van der Waals surface area contributed by atoms with Crippen molar-refractivity contribution in [1.29, 1.82) is 10.5 Å². The molecule has 0 aliphatic carbocycles. The smallest absolute Gasteiger partial charge is 0.101 e. The van der Waals surface area contributed by atoms with Crippen molar-refractivity contribution in [2.24, 2.45) is 0 Å². The summed E-state index contributed by atoms with van der Waals surface area (Å²) in [4.78, 5) is 0. The molecule has 4 heteroatoms. The van der Waals surface area contributed by atoms with E-state index >= 15 is 0 Å². The normalized spacial score (nSPS) is 11.3. The summed E-state index contributed by atoms with van der Waals surface area (Å²) in [6.07, 6.45) is 0. The van der Waals surface area contributed by atoms with E-state index in [0.29, 0.717) is 11.1 Å². The van der Waals surface area contributed by atoms with Crippen LogP contribution in [0.25, 0.3) is 77.2 Å². The van der Waals surface area contributed by atoms with Gasteiger partial charge in [-0.25, -0.2) is 0 Å². The van der Waals surface area contributed by atoms with Gasteiger partial charge in [-0.15, -0.1) is 0 Å². The summed E-state index contributed by atoms with van der Waals surface area (Å²) < 4.78 is 4.55. The van der Waals surface area contributed by atoms with Crippen molar-refractivity contribution < 1.29 is 0 Å². The Balaban J connectivity index is 1.45. The minimum absolute atomic E-state index is 0.565. The lowest BCUT2D eigenvalue weighted by atomic mass is 9.92. The Bertz CT molecular complexity index is 2750. The van der Waals surface area contributed by atoms with Gasteiger partial charge < -0.3 is 9.13 Å². The molecule has 0 spiro atoms. The molecule has 9 rings (SSSR count). The number of nitrogens with zero attached hydrogens (tertiary/aromatic N) is 4. The quantitative estimate of drug-likeness (QED) is 0.199. The Morgan fingerprint density at radius 1 is 0.396 bits per heavy atom. The van der Waals surface area contributed by atoms with Crippen molar-refractivity contribution in [3.05, 3.63) is 169 Å². The van der Waals surface area contributed by atoms with Crippen LogP contribution in [0, 0.1) is 22.7 Å². The SMILES string of the molecule is N#Cc1ccc2c(c1)c1ccccc1n2-c1c(C#N)cc(-c2ccccc2)cc1-c1ccccc1-n1c2ccccc2c2ccccc21. The summed E-state index contributed by atoms with van der Waals surface area (Å²) in [5, 5.41) is 25.1. The van der Waals surface area contributed by atoms with Gasteiger partial charge in [0.1, 0.15) is 6.07 Å². The molecule has 2 aromatic heterocycles. The lowest BCUT2D eigenvalue weighted by molar-refractivity contribution is 1.15. The Labute approximate surface area is 277 Å². The minimum atomic E-state index is 0.565. The van der Waals surface area contributed by atoms with Crippen molar-refractivity contribution >= 4 is 43.6 Å². The molecule has 0 aliphatic heterocycles. The zero-order valence-electron chi connectivity index (χ0n) is 25.8. The monoisotopic (exact) mass is 610 g/mol. The van der Waals surface area contributed by atoms with Crippen molar-refractivity contribution in [2.75, 3.05) is 0 Å². The molecule has 0 unspecified atom stereocenters. The van der Waals surface area contributed by atoms with Crippen LogP contribution in [0.1, 0.15) is 11.1 Å². The molecule has 0 N–H and O–H groups in total. The summed E-state index contributed by atoms with van der Waals surface area (Å²) in [6, 6.07) is 58.9. The van der Waals surface area contributed by atoms with Crippen LogP contribution in [0.3, 0.4) is 0 Å². The highest BCUT2D eigenvalue weighted by Gasteiger charge is 2.23. The third-order valence-electron chi connectivity index (χ3n) is 9.38. The van der Waals surface area contributed by atoms with Gasteiger partial charge in [-0.2, -0.15) is 10.5 Å². The van der Waals surface area contributed by atoms with Crippen LogP contribution in [0.5, 0.6) is 0 Å². The van der Waals surface area contributed by atoms with Crippen molar-refractivity contribution in [3.63, 3.8) is 0 Å². The van der Waals surface area contributed by atoms with E-state index in [1.165, 1.54) is 10.8 Å². The molecule has 0 saturated heterocycles. The molecule has 4 nitrogen and oxygen atoms in total. The molecule has 7 aromatic carbocycles. The van der Waals surface area contributed by atoms with Crippen LogP contribution >= 0.6 is 0 Å². The van der Waals surface area contributed by atoms with Gasteiger partial charge in [0.2, 0.25) is 0 Å². The van der Waals surface area contributed by atoms with Crippen LogP contribution < -0.4 is 0 Å². The maximum Gasteiger partial charge on any atom is 0.101 e. The maximum atomic E-state index is 10.9. The highest BCUT2D eigenvalue weighted by molar-refractivity contribution is 6.12. The number of rotatable bonds is 4. The summed E-state index contributed by atoms with van der Waals surface area (Å²) in [5.41, 5.74) is 11.1. The van der Waals surface area contributed by atoms with Crippen LogP contribution in [-0.2, 0) is 0 Å².